The lowest BCUT2D eigenvalue weighted by Crippen LogP contribution is -2.44. The minimum Gasteiger partial charge on any atom is -0.382 e. The van der Waals surface area contributed by atoms with Crippen LogP contribution in [-0.4, -0.2) is 91.5 Å². The molecule has 5 atom stereocenters. The Morgan fingerprint density at radius 2 is 1.51 bits per heavy atom. The van der Waals surface area contributed by atoms with Crippen molar-refractivity contribution in [3.05, 3.63) is 12.7 Å². The maximum atomic E-state index is 6.79. The summed E-state index contributed by atoms with van der Waals surface area (Å²) in [7, 11) is 0.472. The van der Waals surface area contributed by atoms with Crippen LogP contribution < -0.4 is 5.73 Å². The molecule has 0 bridgehead atoms. The van der Waals surface area contributed by atoms with E-state index >= 15 is 0 Å². The first-order chi connectivity index (χ1) is 17.5. The lowest BCUT2D eigenvalue weighted by Gasteiger charge is -2.46. The molecule has 2 aliphatic heterocycles. The van der Waals surface area contributed by atoms with Gasteiger partial charge in [-0.25, -0.2) is 24.3 Å². The molecule has 13 heteroatoms. The van der Waals surface area contributed by atoms with E-state index in [9.17, 15) is 0 Å². The largest absolute Gasteiger partial charge is 0.382 e. The molecule has 208 valence electrons. The van der Waals surface area contributed by atoms with E-state index in [-0.39, 0.29) is 12.2 Å². The zero-order valence-electron chi connectivity index (χ0n) is 23.3. The van der Waals surface area contributed by atoms with Crippen LogP contribution in [-0.2, 0) is 23.5 Å². The molecule has 4 heterocycles. The quantitative estimate of drug-likeness (QED) is 0.422. The van der Waals surface area contributed by atoms with E-state index < -0.39 is 27.3 Å². The predicted octanol–water partition coefficient (Wildman–Crippen LogP) is 3.50. The van der Waals surface area contributed by atoms with Gasteiger partial charge >= 0.3 is 0 Å². The first-order valence-corrected chi connectivity index (χ1v) is 14.1. The van der Waals surface area contributed by atoms with Gasteiger partial charge in [0.1, 0.15) is 30.2 Å². The number of nitrogens with two attached hydrogens (primary N) is 1. The Balaban J connectivity index is 1.61. The Morgan fingerprint density at radius 1 is 0.919 bits per heavy atom. The van der Waals surface area contributed by atoms with Crippen LogP contribution in [0.1, 0.15) is 61.6 Å². The van der Waals surface area contributed by atoms with Crippen LogP contribution in [0.2, 0.25) is 0 Å². The third-order valence-corrected chi connectivity index (χ3v) is 9.56. The van der Waals surface area contributed by atoms with Gasteiger partial charge in [-0.2, -0.15) is 0 Å². The van der Waals surface area contributed by atoms with Gasteiger partial charge < -0.3 is 29.2 Å². The van der Waals surface area contributed by atoms with Crippen LogP contribution in [0, 0.1) is 0 Å². The molecule has 2 aromatic heterocycles. The molecule has 37 heavy (non-hydrogen) atoms. The molecule has 0 radical (unpaired) electrons. The zero-order valence-corrected chi connectivity index (χ0v) is 24.2. The second-order valence-corrected chi connectivity index (χ2v) is 12.2. The second kappa shape index (κ2) is 11.7. The number of ether oxygens (including phenoxy) is 4. The third-order valence-electron chi connectivity index (χ3n) is 6.54. The molecule has 2 aliphatic rings. The smallest absolute Gasteiger partial charge is 0.272 e. The summed E-state index contributed by atoms with van der Waals surface area (Å²) in [6.45, 7) is 17.2. The van der Waals surface area contributed by atoms with E-state index in [0.717, 1.165) is 0 Å². The fourth-order valence-electron chi connectivity index (χ4n) is 5.21. The van der Waals surface area contributed by atoms with E-state index in [0.29, 0.717) is 47.8 Å². The van der Waals surface area contributed by atoms with Crippen molar-refractivity contribution in [1.82, 2.24) is 28.9 Å². The number of nitrogens with zero attached hydrogens (tertiary/aromatic N) is 6. The number of anilines is 1. The number of rotatable bonds is 11. The van der Waals surface area contributed by atoms with Crippen molar-refractivity contribution in [2.24, 2.45) is 0 Å². The molecule has 0 saturated carbocycles. The SMILES string of the molecule is COC1O[C@@H]2[C@H](O1)[C@@H](COP(N(C(C)C)C(C)C)N(C(C)C)C(C)C)O[C@H]2n1cnc2c(N)ncnc21. The minimum atomic E-state index is -1.08. The van der Waals surface area contributed by atoms with Crippen LogP contribution >= 0.6 is 8.45 Å². The fourth-order valence-corrected chi connectivity index (χ4v) is 7.57. The Bertz CT molecular complexity index is 1000. The van der Waals surface area contributed by atoms with Crippen LogP contribution in [0.5, 0.6) is 0 Å². The second-order valence-electron chi connectivity index (χ2n) is 10.6. The van der Waals surface area contributed by atoms with Crippen LogP contribution in [0.3, 0.4) is 0 Å². The summed E-state index contributed by atoms with van der Waals surface area (Å²) < 4.78 is 37.6. The van der Waals surface area contributed by atoms with Gasteiger partial charge in [-0.15, -0.1) is 0 Å². The van der Waals surface area contributed by atoms with Gasteiger partial charge in [0, 0.05) is 31.3 Å². The summed E-state index contributed by atoms with van der Waals surface area (Å²) in [5.41, 5.74) is 7.10. The molecule has 2 saturated heterocycles. The lowest BCUT2D eigenvalue weighted by molar-refractivity contribution is -0.256. The molecule has 0 amide bonds. The zero-order chi connectivity index (χ0) is 27.0. The summed E-state index contributed by atoms with van der Waals surface area (Å²) in [6.07, 6.45) is 1.31. The molecule has 2 N–H and O–H groups in total. The van der Waals surface area contributed by atoms with Gasteiger partial charge in [0.25, 0.3) is 6.48 Å². The van der Waals surface area contributed by atoms with Crippen molar-refractivity contribution in [2.75, 3.05) is 19.5 Å². The van der Waals surface area contributed by atoms with Gasteiger partial charge in [0.15, 0.2) is 26.1 Å². The number of hydrogen-bond acceptors (Lipinski definition) is 11. The Kier molecular flexibility index (Phi) is 9.02. The Morgan fingerprint density at radius 3 is 2.08 bits per heavy atom. The van der Waals surface area contributed by atoms with Crippen molar-refractivity contribution in [1.29, 1.82) is 0 Å². The maximum Gasteiger partial charge on any atom is 0.272 e. The maximum absolute atomic E-state index is 6.79. The molecule has 0 aliphatic carbocycles. The van der Waals surface area contributed by atoms with Crippen molar-refractivity contribution >= 4 is 25.4 Å². The first-order valence-electron chi connectivity index (χ1n) is 13.0. The number of aromatic nitrogens is 4. The molecule has 0 spiro atoms. The number of hydrogen-bond donors (Lipinski definition) is 1. The molecule has 12 nitrogen and oxygen atoms in total. The summed E-state index contributed by atoms with van der Waals surface area (Å²) in [5.74, 6) is 0.312. The van der Waals surface area contributed by atoms with E-state index in [2.05, 4.69) is 79.7 Å². The van der Waals surface area contributed by atoms with Crippen molar-refractivity contribution < 1.29 is 23.5 Å². The summed E-state index contributed by atoms with van der Waals surface area (Å²) in [4.78, 5) is 12.8. The minimum absolute atomic E-state index is 0.308. The average molecular weight is 540 g/mol. The highest BCUT2D eigenvalue weighted by Gasteiger charge is 2.54. The predicted molar refractivity (Wildman–Crippen MR) is 141 cm³/mol. The fraction of sp³-hybridized carbons (Fsp3) is 0.792. The van der Waals surface area contributed by atoms with Crippen LogP contribution in [0.15, 0.2) is 12.7 Å². The van der Waals surface area contributed by atoms with E-state index in [1.54, 1.807) is 13.4 Å². The normalized spacial score (nSPS) is 26.4. The number of methoxy groups -OCH3 is 1. The average Bonchev–Trinajstić information content (AvgIpc) is 3.50. The van der Waals surface area contributed by atoms with Crippen molar-refractivity contribution in [3.8, 4) is 0 Å². The Hall–Kier alpha value is -1.50. The van der Waals surface area contributed by atoms with Gasteiger partial charge in [-0.1, -0.05) is 0 Å². The number of fused-ring (bicyclic) bond motifs is 2. The van der Waals surface area contributed by atoms with Gasteiger partial charge in [-0.3, -0.25) is 4.57 Å². The van der Waals surface area contributed by atoms with Crippen molar-refractivity contribution in [3.63, 3.8) is 0 Å². The van der Waals surface area contributed by atoms with E-state index in [1.165, 1.54) is 6.33 Å². The van der Waals surface area contributed by atoms with Gasteiger partial charge in [0.2, 0.25) is 0 Å². The highest BCUT2D eigenvalue weighted by atomic mass is 31.2. The van der Waals surface area contributed by atoms with E-state index in [1.807, 2.05) is 4.57 Å². The monoisotopic (exact) mass is 539 g/mol. The standard InChI is InChI=1S/C24H42N7O5P/c1-13(2)30(14(3)4)37(31(15(5)6)16(7)8)33-10-17-19-20(36-24(32-9)35-19)23(34-17)29-12-28-18-21(25)26-11-27-22(18)29/h11-17,19-20,23-24H,10H2,1-9H3,(H2,25,26,27)/t17-,19-,20-,23-,24?/m1/s1. The molecule has 2 fully saturated rings. The topological polar surface area (TPSA) is 122 Å². The third kappa shape index (κ3) is 5.62. The highest BCUT2D eigenvalue weighted by molar-refractivity contribution is 7.47. The Labute approximate surface area is 220 Å². The summed E-state index contributed by atoms with van der Waals surface area (Å²) in [6, 6.07) is 1.23. The number of nitrogen functional groups attached to an aromatic ring is 1. The summed E-state index contributed by atoms with van der Waals surface area (Å²) in [5, 5.41) is 0. The van der Waals surface area contributed by atoms with Crippen molar-refractivity contribution in [2.45, 2.75) is 111 Å². The lowest BCUT2D eigenvalue weighted by atomic mass is 10.1. The summed E-state index contributed by atoms with van der Waals surface area (Å²) >= 11 is 0. The molecule has 4 rings (SSSR count). The first kappa shape index (κ1) is 28.5. The van der Waals surface area contributed by atoms with Crippen LogP contribution in [0.4, 0.5) is 5.82 Å². The highest BCUT2D eigenvalue weighted by Crippen LogP contribution is 2.52. The number of imidazole rings is 1. The molecular formula is C24H42N7O5P. The van der Waals surface area contributed by atoms with Gasteiger partial charge in [-0.05, 0) is 55.4 Å². The van der Waals surface area contributed by atoms with Crippen LogP contribution in [0.25, 0.3) is 11.2 Å². The molecule has 1 unspecified atom stereocenters. The molecule has 0 aromatic carbocycles. The van der Waals surface area contributed by atoms with E-state index in [4.69, 9.17) is 29.2 Å². The molecule has 2 aromatic rings. The molecular weight excluding hydrogens is 497 g/mol. The van der Waals surface area contributed by atoms with Gasteiger partial charge in [0.05, 0.1) is 12.9 Å².